The van der Waals surface area contributed by atoms with E-state index in [2.05, 4.69) is 18.3 Å². The molecule has 0 bridgehead atoms. The Bertz CT molecular complexity index is 371. The maximum absolute atomic E-state index is 13.4. The SMILES string of the molecule is FC(F)(F)C(F)(C1=CC=[C]C(=S)C1)C(F)(F)F. The van der Waals surface area contributed by atoms with Crippen molar-refractivity contribution in [3.63, 3.8) is 0 Å². The fraction of sp³-hybridized carbons (Fsp3) is 0.444. The maximum atomic E-state index is 13.4. The molecule has 0 spiro atoms. The Morgan fingerprint density at radius 3 is 1.82 bits per heavy atom. The molecule has 0 saturated carbocycles. The van der Waals surface area contributed by atoms with Crippen molar-refractivity contribution >= 4 is 17.1 Å². The van der Waals surface area contributed by atoms with Crippen LogP contribution in [0, 0.1) is 6.08 Å². The maximum Gasteiger partial charge on any atom is 0.435 e. The van der Waals surface area contributed by atoms with Gasteiger partial charge in [0.1, 0.15) is 0 Å². The second kappa shape index (κ2) is 4.08. The molecule has 0 aromatic rings. The lowest BCUT2D eigenvalue weighted by atomic mass is 9.88. The quantitative estimate of drug-likeness (QED) is 0.518. The highest BCUT2D eigenvalue weighted by atomic mass is 32.1. The van der Waals surface area contributed by atoms with Crippen LogP contribution in [0.25, 0.3) is 0 Å². The van der Waals surface area contributed by atoms with E-state index in [1.54, 1.807) is 0 Å². The number of hydrogen-bond acceptors (Lipinski definition) is 1. The van der Waals surface area contributed by atoms with Crippen LogP contribution in [0.3, 0.4) is 0 Å². The Morgan fingerprint density at radius 1 is 1.00 bits per heavy atom. The summed E-state index contributed by atoms with van der Waals surface area (Å²) in [6.45, 7) is 0. The number of thiocarbonyl (C=S) groups is 1. The highest BCUT2D eigenvalue weighted by molar-refractivity contribution is 7.80. The van der Waals surface area contributed by atoms with Crippen molar-refractivity contribution in [1.82, 2.24) is 0 Å². The van der Waals surface area contributed by atoms with Gasteiger partial charge in [-0.2, -0.15) is 26.3 Å². The first-order valence-corrected chi connectivity index (χ1v) is 4.55. The summed E-state index contributed by atoms with van der Waals surface area (Å²) in [7, 11) is 0. The van der Waals surface area contributed by atoms with E-state index in [1.807, 2.05) is 0 Å². The number of allylic oxidation sites excluding steroid dienone is 4. The van der Waals surface area contributed by atoms with Crippen LogP contribution in [0.5, 0.6) is 0 Å². The van der Waals surface area contributed by atoms with Crippen LogP contribution in [0.4, 0.5) is 30.7 Å². The molecule has 1 radical (unpaired) electrons. The van der Waals surface area contributed by atoms with Crippen molar-refractivity contribution in [2.45, 2.75) is 24.4 Å². The van der Waals surface area contributed by atoms with Crippen molar-refractivity contribution < 1.29 is 30.7 Å². The molecule has 1 aliphatic rings. The summed E-state index contributed by atoms with van der Waals surface area (Å²) in [5, 5.41) is 0. The number of hydrogen-bond donors (Lipinski definition) is 0. The molecule has 0 N–H and O–H groups in total. The van der Waals surface area contributed by atoms with Crippen LogP contribution in [0.15, 0.2) is 17.7 Å². The molecule has 0 aromatic heterocycles. The van der Waals surface area contributed by atoms with E-state index in [0.29, 0.717) is 6.08 Å². The Morgan fingerprint density at radius 2 is 1.47 bits per heavy atom. The summed E-state index contributed by atoms with van der Waals surface area (Å²) in [4.78, 5) is -0.307. The zero-order valence-electron chi connectivity index (χ0n) is 7.92. The summed E-state index contributed by atoms with van der Waals surface area (Å²) in [6.07, 6.45) is -9.74. The van der Waals surface area contributed by atoms with Crippen molar-refractivity contribution in [3.05, 3.63) is 23.8 Å². The van der Waals surface area contributed by atoms with Gasteiger partial charge in [-0.25, -0.2) is 4.39 Å². The summed E-state index contributed by atoms with van der Waals surface area (Å²) < 4.78 is 87.2. The van der Waals surface area contributed by atoms with E-state index >= 15 is 0 Å². The minimum absolute atomic E-state index is 0.307. The molecule has 1 rings (SSSR count). The predicted octanol–water partition coefficient (Wildman–Crippen LogP) is 3.88. The van der Waals surface area contributed by atoms with Crippen molar-refractivity contribution in [3.8, 4) is 0 Å². The van der Waals surface area contributed by atoms with Gasteiger partial charge in [-0.15, -0.1) is 0 Å². The van der Waals surface area contributed by atoms with Crippen molar-refractivity contribution in [2.75, 3.05) is 0 Å². The van der Waals surface area contributed by atoms with Crippen LogP contribution in [-0.4, -0.2) is 22.9 Å². The van der Waals surface area contributed by atoms with Gasteiger partial charge >= 0.3 is 18.0 Å². The zero-order valence-corrected chi connectivity index (χ0v) is 8.73. The van der Waals surface area contributed by atoms with Gasteiger partial charge in [-0.05, 0) is 11.6 Å². The molecule has 0 fully saturated rings. The fourth-order valence-electron chi connectivity index (χ4n) is 1.28. The van der Waals surface area contributed by atoms with Crippen LogP contribution in [0.2, 0.25) is 0 Å². The van der Waals surface area contributed by atoms with Gasteiger partial charge in [0, 0.05) is 11.3 Å². The molecular weight excluding hydrogens is 273 g/mol. The third-order valence-electron chi connectivity index (χ3n) is 2.10. The monoisotopic (exact) mass is 277 g/mol. The van der Waals surface area contributed by atoms with Gasteiger partial charge in [0.2, 0.25) is 0 Å². The molecule has 0 unspecified atom stereocenters. The van der Waals surface area contributed by atoms with Gasteiger partial charge in [0.25, 0.3) is 0 Å². The van der Waals surface area contributed by atoms with Crippen LogP contribution >= 0.6 is 12.2 Å². The molecule has 0 nitrogen and oxygen atoms in total. The lowest BCUT2D eigenvalue weighted by Gasteiger charge is -2.32. The lowest BCUT2D eigenvalue weighted by Crippen LogP contribution is -2.55. The minimum Gasteiger partial charge on any atom is -0.219 e. The first kappa shape index (κ1) is 14.1. The molecule has 17 heavy (non-hydrogen) atoms. The number of rotatable bonds is 1. The largest absolute Gasteiger partial charge is 0.435 e. The summed E-state index contributed by atoms with van der Waals surface area (Å²) in [5.41, 5.74) is -6.84. The normalized spacial score (nSPS) is 18.3. The molecule has 0 heterocycles. The smallest absolute Gasteiger partial charge is 0.219 e. The molecule has 95 valence electrons. The predicted molar refractivity (Wildman–Crippen MR) is 49.1 cm³/mol. The van der Waals surface area contributed by atoms with Gasteiger partial charge in [0.15, 0.2) is 0 Å². The average molecular weight is 277 g/mol. The molecular formula is C9H4F7S. The summed E-state index contributed by atoms with van der Waals surface area (Å²) in [6, 6.07) is 0. The topological polar surface area (TPSA) is 0 Å². The second-order valence-corrected chi connectivity index (χ2v) is 3.75. The summed E-state index contributed by atoms with van der Waals surface area (Å²) in [5.74, 6) is 0. The van der Waals surface area contributed by atoms with Gasteiger partial charge < -0.3 is 0 Å². The van der Waals surface area contributed by atoms with Gasteiger partial charge in [-0.3, -0.25) is 0 Å². The average Bonchev–Trinajstić information content (AvgIpc) is 2.12. The van der Waals surface area contributed by atoms with E-state index in [9.17, 15) is 30.7 Å². The summed E-state index contributed by atoms with van der Waals surface area (Å²) >= 11 is 4.41. The van der Waals surface area contributed by atoms with E-state index in [0.717, 1.165) is 6.08 Å². The fourth-order valence-corrected chi connectivity index (χ4v) is 1.50. The Kier molecular flexibility index (Phi) is 3.39. The van der Waals surface area contributed by atoms with Crippen LogP contribution < -0.4 is 0 Å². The molecule has 8 heteroatoms. The highest BCUT2D eigenvalue weighted by Crippen LogP contribution is 2.51. The molecule has 0 atom stereocenters. The third kappa shape index (κ3) is 2.36. The zero-order chi connectivity index (χ0) is 13.5. The van der Waals surface area contributed by atoms with E-state index in [4.69, 9.17) is 0 Å². The molecule has 0 saturated heterocycles. The Labute approximate surface area is 96.8 Å². The van der Waals surface area contributed by atoms with E-state index in [-0.39, 0.29) is 4.86 Å². The van der Waals surface area contributed by atoms with E-state index < -0.39 is 30.0 Å². The molecule has 0 amide bonds. The van der Waals surface area contributed by atoms with E-state index in [1.165, 1.54) is 0 Å². The van der Waals surface area contributed by atoms with Crippen LogP contribution in [0.1, 0.15) is 6.42 Å². The molecule has 0 aromatic carbocycles. The second-order valence-electron chi connectivity index (χ2n) is 3.26. The standard InChI is InChI=1S/C9H4F7S/c10-7(8(11,12)13,9(14,15)16)5-2-1-3-6(17)4-5/h1-2H,4H2. The minimum atomic E-state index is -6.09. The van der Waals surface area contributed by atoms with Gasteiger partial charge in [-0.1, -0.05) is 24.4 Å². The first-order chi connectivity index (χ1) is 7.50. The third-order valence-corrected chi connectivity index (χ3v) is 2.37. The van der Waals surface area contributed by atoms with Crippen LogP contribution in [-0.2, 0) is 0 Å². The molecule has 1 aliphatic carbocycles. The number of halogens is 7. The van der Waals surface area contributed by atoms with Crippen molar-refractivity contribution in [1.29, 1.82) is 0 Å². The van der Waals surface area contributed by atoms with Gasteiger partial charge in [0.05, 0.1) is 0 Å². The Hall–Kier alpha value is -0.920. The van der Waals surface area contributed by atoms with Crippen molar-refractivity contribution in [2.24, 2.45) is 0 Å². The Balaban J connectivity index is 3.32. The highest BCUT2D eigenvalue weighted by Gasteiger charge is 2.74. The number of alkyl halides is 7. The molecule has 0 aliphatic heterocycles. The lowest BCUT2D eigenvalue weighted by molar-refractivity contribution is -0.326. The first-order valence-electron chi connectivity index (χ1n) is 4.14.